The first-order valence-corrected chi connectivity index (χ1v) is 13.4. The molecule has 1 N–H and O–H groups in total. The van der Waals surface area contributed by atoms with Crippen molar-refractivity contribution in [3.05, 3.63) is 78.0 Å². The second-order valence-electron chi connectivity index (χ2n) is 7.99. The SMILES string of the molecule is O=C(Nc1nc2cccnc2s1)C(Oc1ccc(F)cc1F)c1ccc(S(=O)(=O)N2CCOCC2)cc1. The minimum Gasteiger partial charge on any atom is -0.473 e. The van der Waals surface area contributed by atoms with E-state index in [-0.39, 0.29) is 34.4 Å². The number of carbonyl (C=O) groups excluding carboxylic acids is 1. The van der Waals surface area contributed by atoms with Gasteiger partial charge in [0.25, 0.3) is 5.91 Å². The highest BCUT2D eigenvalue weighted by Gasteiger charge is 2.29. The van der Waals surface area contributed by atoms with Gasteiger partial charge in [0.05, 0.1) is 18.1 Å². The zero-order chi connectivity index (χ0) is 26.0. The predicted octanol–water partition coefficient (Wildman–Crippen LogP) is 3.75. The number of hydrogen-bond donors (Lipinski definition) is 1. The molecule has 1 saturated heterocycles. The van der Waals surface area contributed by atoms with Crippen molar-refractivity contribution in [1.82, 2.24) is 14.3 Å². The van der Waals surface area contributed by atoms with Crippen LogP contribution in [0, 0.1) is 11.6 Å². The van der Waals surface area contributed by atoms with E-state index in [1.54, 1.807) is 18.3 Å². The maximum Gasteiger partial charge on any atom is 0.271 e. The summed E-state index contributed by atoms with van der Waals surface area (Å²) in [5, 5.41) is 2.89. The van der Waals surface area contributed by atoms with E-state index in [2.05, 4.69) is 15.3 Å². The van der Waals surface area contributed by atoms with E-state index in [9.17, 15) is 22.0 Å². The lowest BCUT2D eigenvalue weighted by Crippen LogP contribution is -2.40. The smallest absolute Gasteiger partial charge is 0.271 e. The third-order valence-electron chi connectivity index (χ3n) is 5.56. The minimum absolute atomic E-state index is 0.0301. The molecule has 1 unspecified atom stereocenters. The molecule has 5 rings (SSSR count). The third-order valence-corrected chi connectivity index (χ3v) is 8.37. The van der Waals surface area contributed by atoms with Gasteiger partial charge in [0.1, 0.15) is 16.2 Å². The number of amides is 1. The number of pyridine rings is 1. The van der Waals surface area contributed by atoms with Crippen molar-refractivity contribution >= 4 is 42.7 Å². The van der Waals surface area contributed by atoms with Crippen LogP contribution in [0.2, 0.25) is 0 Å². The van der Waals surface area contributed by atoms with Gasteiger partial charge in [-0.2, -0.15) is 4.31 Å². The Bertz CT molecular complexity index is 1510. The van der Waals surface area contributed by atoms with Crippen molar-refractivity contribution in [3.63, 3.8) is 0 Å². The summed E-state index contributed by atoms with van der Waals surface area (Å²) in [6, 6.07) is 11.7. The van der Waals surface area contributed by atoms with Gasteiger partial charge in [0.15, 0.2) is 16.7 Å². The fourth-order valence-corrected chi connectivity index (χ4v) is 5.93. The number of carbonyl (C=O) groups is 1. The van der Waals surface area contributed by atoms with Crippen molar-refractivity contribution in [2.24, 2.45) is 0 Å². The molecule has 13 heteroatoms. The molecule has 3 heterocycles. The molecule has 1 aliphatic heterocycles. The van der Waals surface area contributed by atoms with Crippen molar-refractivity contribution in [2.45, 2.75) is 11.0 Å². The molecule has 0 spiro atoms. The zero-order valence-corrected chi connectivity index (χ0v) is 20.8. The van der Waals surface area contributed by atoms with Gasteiger partial charge in [-0.25, -0.2) is 27.2 Å². The summed E-state index contributed by atoms with van der Waals surface area (Å²) < 4.78 is 65.9. The fraction of sp³-hybridized carbons (Fsp3) is 0.208. The molecule has 1 fully saturated rings. The Hall–Kier alpha value is -3.52. The van der Waals surface area contributed by atoms with E-state index in [1.165, 1.54) is 28.6 Å². The van der Waals surface area contributed by atoms with Crippen LogP contribution < -0.4 is 10.1 Å². The molecule has 1 aliphatic rings. The maximum atomic E-state index is 14.4. The average Bonchev–Trinajstić information content (AvgIpc) is 3.31. The van der Waals surface area contributed by atoms with Crippen LogP contribution in [0.5, 0.6) is 5.75 Å². The third kappa shape index (κ3) is 5.44. The van der Waals surface area contributed by atoms with Crippen LogP contribution in [0.3, 0.4) is 0 Å². The van der Waals surface area contributed by atoms with Crippen molar-refractivity contribution in [1.29, 1.82) is 0 Å². The van der Waals surface area contributed by atoms with Crippen LogP contribution in [-0.2, 0) is 19.6 Å². The quantitative estimate of drug-likeness (QED) is 0.376. The summed E-state index contributed by atoms with van der Waals surface area (Å²) in [6.45, 7) is 1.08. The Kier molecular flexibility index (Phi) is 7.11. The molecule has 9 nitrogen and oxygen atoms in total. The van der Waals surface area contributed by atoms with E-state index in [1.807, 2.05) is 0 Å². The number of morpholine rings is 1. The lowest BCUT2D eigenvalue weighted by Gasteiger charge is -2.26. The number of thiazole rings is 1. The maximum absolute atomic E-state index is 14.4. The number of nitrogens with zero attached hydrogens (tertiary/aromatic N) is 3. The number of aromatic nitrogens is 2. The first-order chi connectivity index (χ1) is 17.8. The lowest BCUT2D eigenvalue weighted by atomic mass is 10.1. The second kappa shape index (κ2) is 10.5. The van der Waals surface area contributed by atoms with E-state index >= 15 is 0 Å². The molecule has 1 atom stereocenters. The van der Waals surface area contributed by atoms with Gasteiger partial charge in [-0.3, -0.25) is 10.1 Å². The molecule has 2 aromatic carbocycles. The average molecular weight is 547 g/mol. The van der Waals surface area contributed by atoms with Crippen LogP contribution in [0.1, 0.15) is 11.7 Å². The lowest BCUT2D eigenvalue weighted by molar-refractivity contribution is -0.123. The van der Waals surface area contributed by atoms with Gasteiger partial charge < -0.3 is 9.47 Å². The number of anilines is 1. The van der Waals surface area contributed by atoms with E-state index in [0.717, 1.165) is 23.5 Å². The summed E-state index contributed by atoms with van der Waals surface area (Å²) in [7, 11) is -3.76. The van der Waals surface area contributed by atoms with Gasteiger partial charge in [-0.15, -0.1) is 0 Å². The van der Waals surface area contributed by atoms with E-state index in [4.69, 9.17) is 9.47 Å². The minimum atomic E-state index is -3.76. The van der Waals surface area contributed by atoms with E-state index < -0.39 is 33.7 Å². The van der Waals surface area contributed by atoms with Crippen LogP contribution in [0.4, 0.5) is 13.9 Å². The molecule has 0 aliphatic carbocycles. The van der Waals surface area contributed by atoms with Gasteiger partial charge in [0.2, 0.25) is 16.1 Å². The molecule has 1 amide bonds. The zero-order valence-electron chi connectivity index (χ0n) is 19.1. The summed E-state index contributed by atoms with van der Waals surface area (Å²) >= 11 is 1.14. The van der Waals surface area contributed by atoms with Crippen molar-refractivity contribution in [3.8, 4) is 5.75 Å². The Morgan fingerprint density at radius 2 is 1.86 bits per heavy atom. The number of benzene rings is 2. The summed E-state index contributed by atoms with van der Waals surface area (Å²) in [5.41, 5.74) is 0.837. The molecular formula is C24H20F2N4O5S2. The van der Waals surface area contributed by atoms with Gasteiger partial charge in [0, 0.05) is 30.9 Å². The van der Waals surface area contributed by atoms with Crippen LogP contribution in [0.15, 0.2) is 65.7 Å². The molecule has 37 heavy (non-hydrogen) atoms. The summed E-state index contributed by atoms with van der Waals surface area (Å²) in [5.74, 6) is -2.83. The molecule has 0 bridgehead atoms. The Morgan fingerprint density at radius 3 is 2.57 bits per heavy atom. The number of fused-ring (bicyclic) bond motifs is 1. The fourth-order valence-electron chi connectivity index (χ4n) is 3.72. The number of nitrogens with one attached hydrogen (secondary N) is 1. The monoisotopic (exact) mass is 546 g/mol. The van der Waals surface area contributed by atoms with Crippen LogP contribution in [-0.4, -0.2) is 54.9 Å². The topological polar surface area (TPSA) is 111 Å². The standard InChI is InChI=1S/C24H20F2N4O5S2/c25-16-5-8-20(18(26)14-16)35-21(22(31)29-24-28-19-2-1-9-27-23(19)36-24)15-3-6-17(7-4-15)37(32,33)30-10-12-34-13-11-30/h1-9,14,21H,10-13H2,(H,28,29,31). The van der Waals surface area contributed by atoms with Crippen molar-refractivity contribution < 1.29 is 31.5 Å². The van der Waals surface area contributed by atoms with Gasteiger partial charge >= 0.3 is 0 Å². The summed E-state index contributed by atoms with van der Waals surface area (Å²) in [4.78, 5) is 22.4. The first kappa shape index (κ1) is 25.1. The van der Waals surface area contributed by atoms with Crippen LogP contribution in [0.25, 0.3) is 10.3 Å². The molecule has 2 aromatic heterocycles. The normalized spacial score (nSPS) is 15.4. The largest absolute Gasteiger partial charge is 0.473 e. The van der Waals surface area contributed by atoms with Gasteiger partial charge in [-0.05, 0) is 36.4 Å². The molecule has 4 aromatic rings. The van der Waals surface area contributed by atoms with E-state index in [0.29, 0.717) is 29.6 Å². The summed E-state index contributed by atoms with van der Waals surface area (Å²) in [6.07, 6.45) is 0.196. The van der Waals surface area contributed by atoms with Crippen LogP contribution >= 0.6 is 11.3 Å². The number of halogens is 2. The number of ether oxygens (including phenoxy) is 2. The molecule has 0 radical (unpaired) electrons. The first-order valence-electron chi connectivity index (χ1n) is 11.1. The number of hydrogen-bond acceptors (Lipinski definition) is 8. The Balaban J connectivity index is 1.44. The molecular weight excluding hydrogens is 526 g/mol. The number of rotatable bonds is 7. The van der Waals surface area contributed by atoms with Crippen molar-refractivity contribution in [2.75, 3.05) is 31.6 Å². The Labute approximate surface area is 214 Å². The molecule has 0 saturated carbocycles. The van der Waals surface area contributed by atoms with Gasteiger partial charge in [-0.1, -0.05) is 23.5 Å². The Morgan fingerprint density at radius 1 is 1.11 bits per heavy atom. The predicted molar refractivity (Wildman–Crippen MR) is 132 cm³/mol. The number of sulfonamides is 1. The molecule has 192 valence electrons. The second-order valence-corrected chi connectivity index (χ2v) is 10.9. The highest BCUT2D eigenvalue weighted by molar-refractivity contribution is 7.89. The highest BCUT2D eigenvalue weighted by atomic mass is 32.2. The highest BCUT2D eigenvalue weighted by Crippen LogP contribution is 2.30.